The Morgan fingerprint density at radius 1 is 1.47 bits per heavy atom. The van der Waals surface area contributed by atoms with Crippen LogP contribution in [0.3, 0.4) is 0 Å². The number of rotatable bonds is 8. The van der Waals surface area contributed by atoms with Gasteiger partial charge in [0.15, 0.2) is 0 Å². The average Bonchev–Trinajstić information content (AvgIpc) is 2.30. The Balaban J connectivity index is 2.05. The predicted octanol–water partition coefficient (Wildman–Crippen LogP) is 0.648. The van der Waals surface area contributed by atoms with Gasteiger partial charge in [-0.3, -0.25) is 9.36 Å². The molecule has 0 aliphatic carbocycles. The number of nitrogens with one attached hydrogen (secondary N) is 1. The molecule has 0 bridgehead atoms. The van der Waals surface area contributed by atoms with E-state index in [1.807, 2.05) is 13.8 Å². The van der Waals surface area contributed by atoms with Crippen LogP contribution in [-0.4, -0.2) is 35.4 Å². The van der Waals surface area contributed by atoms with Crippen molar-refractivity contribution < 1.29 is 4.74 Å². The minimum absolute atomic E-state index is 0.00931. The molecule has 1 N–H and O–H groups in total. The molecule has 0 radical (unpaired) electrons. The standard InChI is InChI=1S/C12H21N3O2/c1-11(2)17-9-3-5-13-7-8-15-10-14-6-4-12(15)16/h4,6,10-11,13H,3,5,7-9H2,1-2H3. The number of hydrogen-bond acceptors (Lipinski definition) is 4. The molecule has 5 heteroatoms. The molecule has 1 rings (SSSR count). The molecular formula is C12H21N3O2. The van der Waals surface area contributed by atoms with Crippen molar-refractivity contribution in [2.45, 2.75) is 32.9 Å². The normalized spacial score (nSPS) is 11.0. The molecule has 0 aliphatic rings. The Hall–Kier alpha value is -1.20. The Morgan fingerprint density at radius 3 is 3.00 bits per heavy atom. The van der Waals surface area contributed by atoms with Gasteiger partial charge in [0.25, 0.3) is 5.56 Å². The van der Waals surface area contributed by atoms with Crippen LogP contribution in [0.4, 0.5) is 0 Å². The molecular weight excluding hydrogens is 218 g/mol. The maximum Gasteiger partial charge on any atom is 0.253 e. The van der Waals surface area contributed by atoms with Crippen LogP contribution in [-0.2, 0) is 11.3 Å². The molecule has 0 amide bonds. The van der Waals surface area contributed by atoms with Gasteiger partial charge in [-0.2, -0.15) is 0 Å². The van der Waals surface area contributed by atoms with Crippen molar-refractivity contribution in [3.05, 3.63) is 28.9 Å². The van der Waals surface area contributed by atoms with Gasteiger partial charge in [-0.15, -0.1) is 0 Å². The number of aromatic nitrogens is 2. The first-order valence-electron chi connectivity index (χ1n) is 6.03. The van der Waals surface area contributed by atoms with Crippen molar-refractivity contribution in [1.82, 2.24) is 14.9 Å². The van der Waals surface area contributed by atoms with Crippen molar-refractivity contribution in [1.29, 1.82) is 0 Å². The fourth-order valence-electron chi connectivity index (χ4n) is 1.39. The molecule has 1 aromatic rings. The first-order valence-corrected chi connectivity index (χ1v) is 6.03. The topological polar surface area (TPSA) is 56.1 Å². The fourth-order valence-corrected chi connectivity index (χ4v) is 1.39. The molecule has 0 atom stereocenters. The van der Waals surface area contributed by atoms with Gasteiger partial charge in [0, 0.05) is 32.0 Å². The first-order chi connectivity index (χ1) is 8.20. The third-order valence-electron chi connectivity index (χ3n) is 2.27. The number of hydrogen-bond donors (Lipinski definition) is 1. The van der Waals surface area contributed by atoms with Crippen LogP contribution >= 0.6 is 0 Å². The lowest BCUT2D eigenvalue weighted by molar-refractivity contribution is 0.0771. The minimum Gasteiger partial charge on any atom is -0.379 e. The Bertz CT molecular complexity index is 363. The average molecular weight is 239 g/mol. The zero-order valence-electron chi connectivity index (χ0n) is 10.6. The predicted molar refractivity (Wildman–Crippen MR) is 67.1 cm³/mol. The molecule has 96 valence electrons. The maximum absolute atomic E-state index is 11.3. The highest BCUT2D eigenvalue weighted by Crippen LogP contribution is 1.89. The van der Waals surface area contributed by atoms with Gasteiger partial charge in [0.05, 0.1) is 12.4 Å². The van der Waals surface area contributed by atoms with E-state index >= 15 is 0 Å². The molecule has 0 aliphatic heterocycles. The first kappa shape index (κ1) is 13.9. The lowest BCUT2D eigenvalue weighted by Gasteiger charge is -2.08. The molecule has 0 fully saturated rings. The lowest BCUT2D eigenvalue weighted by Crippen LogP contribution is -2.27. The van der Waals surface area contributed by atoms with Gasteiger partial charge in [0.2, 0.25) is 0 Å². The summed E-state index contributed by atoms with van der Waals surface area (Å²) in [6.45, 7) is 7.16. The van der Waals surface area contributed by atoms with Crippen molar-refractivity contribution in [2.24, 2.45) is 0 Å². The second kappa shape index (κ2) is 7.97. The van der Waals surface area contributed by atoms with E-state index in [1.54, 1.807) is 10.9 Å². The molecule has 0 saturated heterocycles. The van der Waals surface area contributed by atoms with E-state index < -0.39 is 0 Å². The quantitative estimate of drug-likeness (QED) is 0.677. The molecule has 0 saturated carbocycles. The van der Waals surface area contributed by atoms with Crippen LogP contribution in [0.25, 0.3) is 0 Å². The van der Waals surface area contributed by atoms with Crippen LogP contribution in [0.1, 0.15) is 20.3 Å². The van der Waals surface area contributed by atoms with Crippen molar-refractivity contribution in [3.8, 4) is 0 Å². The fraction of sp³-hybridized carbons (Fsp3) is 0.667. The molecule has 0 spiro atoms. The van der Waals surface area contributed by atoms with Gasteiger partial charge >= 0.3 is 0 Å². The van der Waals surface area contributed by atoms with Gasteiger partial charge < -0.3 is 10.1 Å². The zero-order chi connectivity index (χ0) is 12.5. The summed E-state index contributed by atoms with van der Waals surface area (Å²) in [7, 11) is 0. The van der Waals surface area contributed by atoms with Crippen LogP contribution in [0.15, 0.2) is 23.4 Å². The maximum atomic E-state index is 11.3. The van der Waals surface area contributed by atoms with E-state index in [-0.39, 0.29) is 5.56 Å². The minimum atomic E-state index is -0.00931. The molecule has 5 nitrogen and oxygen atoms in total. The summed E-state index contributed by atoms with van der Waals surface area (Å²) in [5, 5.41) is 3.27. The summed E-state index contributed by atoms with van der Waals surface area (Å²) in [6, 6.07) is 1.47. The highest BCUT2D eigenvalue weighted by molar-refractivity contribution is 4.81. The van der Waals surface area contributed by atoms with Crippen LogP contribution in [0.2, 0.25) is 0 Å². The van der Waals surface area contributed by atoms with E-state index in [4.69, 9.17) is 4.74 Å². The summed E-state index contributed by atoms with van der Waals surface area (Å²) < 4.78 is 7.02. The molecule has 1 aromatic heterocycles. The summed E-state index contributed by atoms with van der Waals surface area (Å²) in [5.41, 5.74) is -0.00931. The smallest absolute Gasteiger partial charge is 0.253 e. The zero-order valence-corrected chi connectivity index (χ0v) is 10.6. The van der Waals surface area contributed by atoms with Gasteiger partial charge in [-0.05, 0) is 26.8 Å². The number of ether oxygens (including phenoxy) is 1. The Morgan fingerprint density at radius 2 is 2.29 bits per heavy atom. The lowest BCUT2D eigenvalue weighted by atomic mass is 10.4. The SMILES string of the molecule is CC(C)OCCCNCCn1cnccc1=O. The molecule has 0 aromatic carbocycles. The van der Waals surface area contributed by atoms with Crippen molar-refractivity contribution in [2.75, 3.05) is 19.7 Å². The van der Waals surface area contributed by atoms with Crippen molar-refractivity contribution >= 4 is 0 Å². The van der Waals surface area contributed by atoms with Crippen LogP contribution in [0.5, 0.6) is 0 Å². The Labute approximate surface area is 102 Å². The molecule has 0 unspecified atom stereocenters. The van der Waals surface area contributed by atoms with Gasteiger partial charge in [-0.25, -0.2) is 4.98 Å². The van der Waals surface area contributed by atoms with E-state index in [9.17, 15) is 4.79 Å². The highest BCUT2D eigenvalue weighted by Gasteiger charge is 1.95. The van der Waals surface area contributed by atoms with E-state index in [0.717, 1.165) is 26.1 Å². The highest BCUT2D eigenvalue weighted by atomic mass is 16.5. The van der Waals surface area contributed by atoms with Crippen molar-refractivity contribution in [3.63, 3.8) is 0 Å². The monoisotopic (exact) mass is 239 g/mol. The van der Waals surface area contributed by atoms with Crippen LogP contribution < -0.4 is 10.9 Å². The molecule has 1 heterocycles. The Kier molecular flexibility index (Phi) is 6.50. The van der Waals surface area contributed by atoms with Gasteiger partial charge in [0.1, 0.15) is 0 Å². The summed E-state index contributed by atoms with van der Waals surface area (Å²) in [6.07, 6.45) is 4.35. The largest absolute Gasteiger partial charge is 0.379 e. The number of nitrogens with zero attached hydrogens (tertiary/aromatic N) is 2. The van der Waals surface area contributed by atoms with E-state index in [1.165, 1.54) is 12.3 Å². The third kappa shape index (κ3) is 6.19. The summed E-state index contributed by atoms with van der Waals surface area (Å²) >= 11 is 0. The summed E-state index contributed by atoms with van der Waals surface area (Å²) in [5.74, 6) is 0. The second-order valence-corrected chi connectivity index (χ2v) is 4.14. The second-order valence-electron chi connectivity index (χ2n) is 4.14. The molecule has 17 heavy (non-hydrogen) atoms. The van der Waals surface area contributed by atoms with Gasteiger partial charge in [-0.1, -0.05) is 0 Å². The van der Waals surface area contributed by atoms with Crippen LogP contribution in [0, 0.1) is 0 Å². The van der Waals surface area contributed by atoms with E-state index in [2.05, 4.69) is 10.3 Å². The third-order valence-corrected chi connectivity index (χ3v) is 2.27. The van der Waals surface area contributed by atoms with E-state index in [0.29, 0.717) is 12.6 Å². The summed E-state index contributed by atoms with van der Waals surface area (Å²) in [4.78, 5) is 15.2.